The minimum atomic E-state index is 0.715. The van der Waals surface area contributed by atoms with Crippen LogP contribution in [0, 0.1) is 0 Å². The number of rotatable bonds is 4. The molecule has 6 heteroatoms. The predicted octanol–water partition coefficient (Wildman–Crippen LogP) is 2.83. The fraction of sp³-hybridized carbons (Fsp3) is 0.273. The Morgan fingerprint density at radius 3 is 3.06 bits per heavy atom. The Hall–Kier alpha value is -1.20. The molecule has 0 aliphatic rings. The van der Waals surface area contributed by atoms with Crippen LogP contribution in [0.3, 0.4) is 0 Å². The van der Waals surface area contributed by atoms with Crippen molar-refractivity contribution in [2.75, 3.05) is 5.73 Å². The van der Waals surface area contributed by atoms with E-state index in [1.54, 1.807) is 24.2 Å². The van der Waals surface area contributed by atoms with Crippen LogP contribution >= 0.6 is 23.4 Å². The lowest BCUT2D eigenvalue weighted by Gasteiger charge is -2.05. The Bertz CT molecular complexity index is 512. The molecular formula is C11H13ClN4S. The highest BCUT2D eigenvalue weighted by Crippen LogP contribution is 2.30. The van der Waals surface area contributed by atoms with E-state index in [2.05, 4.69) is 10.1 Å². The molecule has 2 N–H and O–H groups in total. The van der Waals surface area contributed by atoms with Gasteiger partial charge < -0.3 is 5.73 Å². The van der Waals surface area contributed by atoms with Gasteiger partial charge in [0.15, 0.2) is 0 Å². The zero-order chi connectivity index (χ0) is 12.3. The average Bonchev–Trinajstić information content (AvgIpc) is 2.77. The number of hydrogen-bond donors (Lipinski definition) is 1. The number of aryl methyl sites for hydroxylation is 1. The van der Waals surface area contributed by atoms with E-state index in [4.69, 9.17) is 17.3 Å². The van der Waals surface area contributed by atoms with Crippen molar-refractivity contribution < 1.29 is 0 Å². The van der Waals surface area contributed by atoms with Crippen molar-refractivity contribution in [3.8, 4) is 0 Å². The zero-order valence-electron chi connectivity index (χ0n) is 9.43. The van der Waals surface area contributed by atoms with E-state index in [0.29, 0.717) is 10.7 Å². The molecule has 0 spiro atoms. The number of aromatic nitrogens is 3. The average molecular weight is 269 g/mol. The fourth-order valence-corrected chi connectivity index (χ4v) is 2.65. The Balaban J connectivity index is 2.09. The summed E-state index contributed by atoms with van der Waals surface area (Å²) >= 11 is 7.70. The van der Waals surface area contributed by atoms with Crippen molar-refractivity contribution in [3.05, 3.63) is 35.4 Å². The zero-order valence-corrected chi connectivity index (χ0v) is 11.0. The molecule has 0 unspecified atom stereocenters. The number of hydrogen-bond acceptors (Lipinski definition) is 4. The summed E-state index contributed by atoms with van der Waals surface area (Å²) in [5, 5.41) is 4.84. The molecular weight excluding hydrogens is 256 g/mol. The Morgan fingerprint density at radius 2 is 2.29 bits per heavy atom. The smallest absolute Gasteiger partial charge is 0.138 e. The molecule has 1 aromatic carbocycles. The molecule has 90 valence electrons. The van der Waals surface area contributed by atoms with Crippen LogP contribution in [-0.2, 0) is 12.3 Å². The summed E-state index contributed by atoms with van der Waals surface area (Å²) < 4.78 is 1.87. The molecule has 4 nitrogen and oxygen atoms in total. The first kappa shape index (κ1) is 12.3. The Kier molecular flexibility index (Phi) is 3.91. The molecule has 1 aromatic heterocycles. The van der Waals surface area contributed by atoms with E-state index in [0.717, 1.165) is 23.0 Å². The number of nitrogens with two attached hydrogens (primary N) is 1. The number of nitrogen functional groups attached to an aromatic ring is 1. The third kappa shape index (κ3) is 2.92. The largest absolute Gasteiger partial charge is 0.399 e. The van der Waals surface area contributed by atoms with Crippen LogP contribution in [0.25, 0.3) is 0 Å². The van der Waals surface area contributed by atoms with Crippen LogP contribution in [0.1, 0.15) is 12.7 Å². The van der Waals surface area contributed by atoms with Gasteiger partial charge in [-0.1, -0.05) is 11.6 Å². The van der Waals surface area contributed by atoms with Gasteiger partial charge in [-0.05, 0) is 25.1 Å². The quantitative estimate of drug-likeness (QED) is 0.684. The lowest BCUT2D eigenvalue weighted by atomic mass is 10.3. The van der Waals surface area contributed by atoms with Crippen LogP contribution in [0.15, 0.2) is 29.4 Å². The molecule has 0 aliphatic heterocycles. The predicted molar refractivity (Wildman–Crippen MR) is 71.1 cm³/mol. The maximum Gasteiger partial charge on any atom is 0.138 e. The Labute approximate surface area is 109 Å². The third-order valence-corrected chi connectivity index (χ3v) is 3.80. The first-order chi connectivity index (χ1) is 8.20. The van der Waals surface area contributed by atoms with Crippen LogP contribution in [0.2, 0.25) is 5.02 Å². The van der Waals surface area contributed by atoms with Gasteiger partial charge in [-0.3, -0.25) is 0 Å². The lowest BCUT2D eigenvalue weighted by molar-refractivity contribution is 0.632. The topological polar surface area (TPSA) is 56.7 Å². The molecule has 0 saturated heterocycles. The van der Waals surface area contributed by atoms with Crippen molar-refractivity contribution in [2.24, 2.45) is 0 Å². The monoisotopic (exact) mass is 268 g/mol. The first-order valence-electron chi connectivity index (χ1n) is 5.25. The highest BCUT2D eigenvalue weighted by atomic mass is 35.5. The van der Waals surface area contributed by atoms with Crippen molar-refractivity contribution in [3.63, 3.8) is 0 Å². The molecule has 0 bridgehead atoms. The maximum atomic E-state index is 6.09. The lowest BCUT2D eigenvalue weighted by Crippen LogP contribution is -2.02. The summed E-state index contributed by atoms with van der Waals surface area (Å²) in [6.07, 6.45) is 1.57. The minimum Gasteiger partial charge on any atom is -0.399 e. The van der Waals surface area contributed by atoms with Crippen LogP contribution < -0.4 is 5.73 Å². The highest BCUT2D eigenvalue weighted by Gasteiger charge is 2.06. The Morgan fingerprint density at radius 1 is 1.47 bits per heavy atom. The molecule has 17 heavy (non-hydrogen) atoms. The number of benzene rings is 1. The molecule has 2 rings (SSSR count). The molecule has 1 heterocycles. The van der Waals surface area contributed by atoms with Crippen LogP contribution in [0.4, 0.5) is 5.69 Å². The summed E-state index contributed by atoms with van der Waals surface area (Å²) in [6.45, 7) is 2.86. The number of nitrogens with zero attached hydrogens (tertiary/aromatic N) is 3. The van der Waals surface area contributed by atoms with E-state index in [9.17, 15) is 0 Å². The van der Waals surface area contributed by atoms with Gasteiger partial charge >= 0.3 is 0 Å². The number of anilines is 1. The van der Waals surface area contributed by atoms with Gasteiger partial charge in [0, 0.05) is 17.1 Å². The minimum absolute atomic E-state index is 0.715. The number of thioether (sulfide) groups is 1. The standard InChI is InChI=1S/C11H13ClN4S/c1-2-16-11(14-7-15-16)6-17-10-5-8(13)3-4-9(10)12/h3-5,7H,2,6,13H2,1H3. The van der Waals surface area contributed by atoms with Gasteiger partial charge in [0.25, 0.3) is 0 Å². The molecule has 0 saturated carbocycles. The second-order valence-electron chi connectivity index (χ2n) is 3.47. The molecule has 0 aliphatic carbocycles. The molecule has 2 aromatic rings. The van der Waals surface area contributed by atoms with E-state index in [1.807, 2.05) is 23.7 Å². The van der Waals surface area contributed by atoms with E-state index in [-0.39, 0.29) is 0 Å². The second kappa shape index (κ2) is 5.42. The summed E-state index contributed by atoms with van der Waals surface area (Å²) in [6, 6.07) is 5.48. The molecule has 0 radical (unpaired) electrons. The molecule has 0 atom stereocenters. The van der Waals surface area contributed by atoms with Gasteiger partial charge in [-0.25, -0.2) is 9.67 Å². The summed E-state index contributed by atoms with van der Waals surface area (Å²) in [4.78, 5) is 5.18. The third-order valence-electron chi connectivity index (χ3n) is 2.31. The van der Waals surface area contributed by atoms with Gasteiger partial charge in [0.05, 0.1) is 10.8 Å². The van der Waals surface area contributed by atoms with Gasteiger partial charge in [0.1, 0.15) is 12.2 Å². The molecule has 0 amide bonds. The first-order valence-corrected chi connectivity index (χ1v) is 6.61. The van der Waals surface area contributed by atoms with Gasteiger partial charge in [-0.2, -0.15) is 5.10 Å². The summed E-state index contributed by atoms with van der Waals surface area (Å²) in [7, 11) is 0. The van der Waals surface area contributed by atoms with E-state index in [1.165, 1.54) is 0 Å². The highest BCUT2D eigenvalue weighted by molar-refractivity contribution is 7.98. The fourth-order valence-electron chi connectivity index (χ4n) is 1.44. The van der Waals surface area contributed by atoms with Crippen molar-refractivity contribution in [1.29, 1.82) is 0 Å². The summed E-state index contributed by atoms with van der Waals surface area (Å²) in [5.41, 5.74) is 6.44. The normalized spacial score (nSPS) is 10.7. The van der Waals surface area contributed by atoms with Gasteiger partial charge in [0.2, 0.25) is 0 Å². The second-order valence-corrected chi connectivity index (χ2v) is 4.89. The van der Waals surface area contributed by atoms with Gasteiger partial charge in [-0.15, -0.1) is 11.8 Å². The van der Waals surface area contributed by atoms with Crippen LogP contribution in [-0.4, -0.2) is 14.8 Å². The molecule has 0 fully saturated rings. The maximum absolute atomic E-state index is 6.09. The summed E-state index contributed by atoms with van der Waals surface area (Å²) in [5.74, 6) is 1.67. The van der Waals surface area contributed by atoms with Crippen molar-refractivity contribution >= 4 is 29.1 Å². The van der Waals surface area contributed by atoms with E-state index < -0.39 is 0 Å². The SMILES string of the molecule is CCn1ncnc1CSc1cc(N)ccc1Cl. The van der Waals surface area contributed by atoms with Crippen LogP contribution in [0.5, 0.6) is 0 Å². The van der Waals surface area contributed by atoms with E-state index >= 15 is 0 Å². The van der Waals surface area contributed by atoms with Crippen molar-refractivity contribution in [1.82, 2.24) is 14.8 Å². The number of halogens is 1. The van der Waals surface area contributed by atoms with Crippen molar-refractivity contribution in [2.45, 2.75) is 24.1 Å².